The number of nitrogens with zero attached hydrogens (tertiary/aromatic N) is 2. The summed E-state index contributed by atoms with van der Waals surface area (Å²) in [6.45, 7) is 2.37. The molecule has 0 radical (unpaired) electrons. The first-order chi connectivity index (χ1) is 9.69. The lowest BCUT2D eigenvalue weighted by molar-refractivity contribution is 0.305. The van der Waals surface area contributed by atoms with Crippen LogP contribution in [0.4, 0.5) is 0 Å². The summed E-state index contributed by atoms with van der Waals surface area (Å²) in [5.74, 6) is 5.83. The highest BCUT2D eigenvalue weighted by atomic mass is 16.2. The van der Waals surface area contributed by atoms with Gasteiger partial charge in [-0.15, -0.1) is 0 Å². The normalized spacial score (nSPS) is 9.90. The predicted molar refractivity (Wildman–Crippen MR) is 77.4 cm³/mol. The third kappa shape index (κ3) is 3.81. The van der Waals surface area contributed by atoms with E-state index < -0.39 is 0 Å². The zero-order valence-electron chi connectivity index (χ0n) is 11.3. The van der Waals surface area contributed by atoms with E-state index in [2.05, 4.69) is 16.9 Å². The fourth-order valence-corrected chi connectivity index (χ4v) is 1.73. The Balaban J connectivity index is 2.11. The molecule has 0 saturated heterocycles. The van der Waals surface area contributed by atoms with E-state index in [1.54, 1.807) is 12.3 Å². The highest BCUT2D eigenvalue weighted by Crippen LogP contribution is 2.04. The van der Waals surface area contributed by atoms with Crippen LogP contribution >= 0.6 is 0 Å². The molecule has 1 N–H and O–H groups in total. The van der Waals surface area contributed by atoms with Crippen LogP contribution in [-0.4, -0.2) is 21.5 Å². The van der Waals surface area contributed by atoms with Crippen molar-refractivity contribution < 1.29 is 5.11 Å². The van der Waals surface area contributed by atoms with Gasteiger partial charge in [-0.2, -0.15) is 5.10 Å². The Morgan fingerprint density at radius 3 is 2.70 bits per heavy atom. The SMILES string of the molecule is Cc1cnn(Cc2ccc(C#CCCO)cc2)c(=O)c1. The number of rotatable bonds is 3. The van der Waals surface area contributed by atoms with Crippen LogP contribution in [0.15, 0.2) is 41.3 Å². The molecule has 4 nitrogen and oxygen atoms in total. The van der Waals surface area contributed by atoms with Gasteiger partial charge in [0.15, 0.2) is 0 Å². The van der Waals surface area contributed by atoms with Crippen molar-refractivity contribution in [3.8, 4) is 11.8 Å². The van der Waals surface area contributed by atoms with Crippen LogP contribution in [0.5, 0.6) is 0 Å². The molecule has 0 spiro atoms. The number of hydrogen-bond donors (Lipinski definition) is 1. The van der Waals surface area contributed by atoms with Crippen LogP contribution in [0.2, 0.25) is 0 Å². The van der Waals surface area contributed by atoms with Crippen molar-refractivity contribution in [3.63, 3.8) is 0 Å². The lowest BCUT2D eigenvalue weighted by Crippen LogP contribution is -2.22. The summed E-state index contributed by atoms with van der Waals surface area (Å²) < 4.78 is 1.43. The first kappa shape index (κ1) is 14.0. The quantitative estimate of drug-likeness (QED) is 0.855. The van der Waals surface area contributed by atoms with Gasteiger partial charge in [0.25, 0.3) is 5.56 Å². The first-order valence-corrected chi connectivity index (χ1v) is 6.41. The van der Waals surface area contributed by atoms with Gasteiger partial charge in [-0.05, 0) is 30.2 Å². The van der Waals surface area contributed by atoms with Gasteiger partial charge in [-0.1, -0.05) is 24.0 Å². The Kier molecular flexibility index (Phi) is 4.70. The molecule has 0 aliphatic heterocycles. The Morgan fingerprint density at radius 2 is 2.05 bits per heavy atom. The lowest BCUT2D eigenvalue weighted by Gasteiger charge is -2.04. The van der Waals surface area contributed by atoms with Gasteiger partial charge in [0, 0.05) is 18.1 Å². The highest BCUT2D eigenvalue weighted by Gasteiger charge is 1.99. The average molecular weight is 268 g/mol. The van der Waals surface area contributed by atoms with Gasteiger partial charge in [-0.25, -0.2) is 4.68 Å². The van der Waals surface area contributed by atoms with E-state index in [1.807, 2.05) is 31.2 Å². The number of aliphatic hydroxyl groups is 1. The van der Waals surface area contributed by atoms with Crippen LogP contribution in [-0.2, 0) is 6.54 Å². The molecule has 0 aliphatic rings. The standard InChI is InChI=1S/C16H16N2O2/c1-13-10-16(20)18(17-11-13)12-15-7-5-14(6-8-15)4-2-3-9-19/h5-8,10-11,19H,3,9,12H2,1H3. The van der Waals surface area contributed by atoms with E-state index in [4.69, 9.17) is 5.11 Å². The van der Waals surface area contributed by atoms with Crippen LogP contribution < -0.4 is 5.56 Å². The first-order valence-electron chi connectivity index (χ1n) is 6.41. The van der Waals surface area contributed by atoms with Crippen molar-refractivity contribution in [2.24, 2.45) is 0 Å². The minimum Gasteiger partial charge on any atom is -0.395 e. The molecule has 1 aromatic carbocycles. The smallest absolute Gasteiger partial charge is 0.267 e. The third-order valence-corrected chi connectivity index (χ3v) is 2.76. The molecule has 2 aromatic rings. The molecular weight excluding hydrogens is 252 g/mol. The summed E-state index contributed by atoms with van der Waals surface area (Å²) in [4.78, 5) is 11.7. The fraction of sp³-hybridized carbons (Fsp3) is 0.250. The van der Waals surface area contributed by atoms with Crippen molar-refractivity contribution in [1.82, 2.24) is 9.78 Å². The van der Waals surface area contributed by atoms with Gasteiger partial charge in [0.2, 0.25) is 0 Å². The second-order valence-electron chi connectivity index (χ2n) is 4.50. The Morgan fingerprint density at radius 1 is 1.30 bits per heavy atom. The topological polar surface area (TPSA) is 55.1 Å². The summed E-state index contributed by atoms with van der Waals surface area (Å²) in [5, 5.41) is 12.8. The van der Waals surface area contributed by atoms with E-state index in [0.29, 0.717) is 13.0 Å². The summed E-state index contributed by atoms with van der Waals surface area (Å²) in [6, 6.07) is 9.23. The van der Waals surface area contributed by atoms with Gasteiger partial charge in [0.05, 0.1) is 19.3 Å². The second kappa shape index (κ2) is 6.69. The van der Waals surface area contributed by atoms with E-state index in [-0.39, 0.29) is 12.2 Å². The average Bonchev–Trinajstić information content (AvgIpc) is 2.44. The molecule has 1 aromatic heterocycles. The van der Waals surface area contributed by atoms with Crippen LogP contribution in [0, 0.1) is 18.8 Å². The van der Waals surface area contributed by atoms with Gasteiger partial charge >= 0.3 is 0 Å². The monoisotopic (exact) mass is 268 g/mol. The number of hydrogen-bond acceptors (Lipinski definition) is 3. The lowest BCUT2D eigenvalue weighted by atomic mass is 10.1. The maximum atomic E-state index is 11.7. The van der Waals surface area contributed by atoms with Crippen molar-refractivity contribution in [1.29, 1.82) is 0 Å². The van der Waals surface area contributed by atoms with E-state index in [9.17, 15) is 4.79 Å². The number of aromatic nitrogens is 2. The van der Waals surface area contributed by atoms with Gasteiger partial charge in [0.1, 0.15) is 0 Å². The summed E-state index contributed by atoms with van der Waals surface area (Å²) in [6.07, 6.45) is 2.15. The zero-order valence-corrected chi connectivity index (χ0v) is 11.3. The van der Waals surface area contributed by atoms with E-state index in [1.165, 1.54) is 4.68 Å². The number of benzene rings is 1. The fourth-order valence-electron chi connectivity index (χ4n) is 1.73. The Bertz CT molecular complexity index is 691. The zero-order chi connectivity index (χ0) is 14.4. The predicted octanol–water partition coefficient (Wildman–Crippen LogP) is 1.33. The molecule has 4 heteroatoms. The number of aryl methyl sites for hydroxylation is 1. The molecule has 1 heterocycles. The maximum absolute atomic E-state index is 11.7. The van der Waals surface area contributed by atoms with Crippen molar-refractivity contribution in [3.05, 3.63) is 63.6 Å². The molecular formula is C16H16N2O2. The minimum absolute atomic E-state index is 0.0765. The van der Waals surface area contributed by atoms with Crippen LogP contribution in [0.25, 0.3) is 0 Å². The van der Waals surface area contributed by atoms with Crippen LogP contribution in [0.3, 0.4) is 0 Å². The molecule has 0 unspecified atom stereocenters. The summed E-state index contributed by atoms with van der Waals surface area (Å²) in [7, 11) is 0. The minimum atomic E-state index is -0.100. The molecule has 0 saturated carbocycles. The summed E-state index contributed by atoms with van der Waals surface area (Å²) >= 11 is 0. The van der Waals surface area contributed by atoms with Crippen LogP contribution in [0.1, 0.15) is 23.1 Å². The Labute approximate surface area is 117 Å². The van der Waals surface area contributed by atoms with Crippen molar-refractivity contribution >= 4 is 0 Å². The molecule has 0 atom stereocenters. The highest BCUT2D eigenvalue weighted by molar-refractivity contribution is 5.36. The second-order valence-corrected chi connectivity index (χ2v) is 4.50. The van der Waals surface area contributed by atoms with Gasteiger partial charge in [-0.3, -0.25) is 4.79 Å². The Hall–Kier alpha value is -2.38. The largest absolute Gasteiger partial charge is 0.395 e. The van der Waals surface area contributed by atoms with Crippen molar-refractivity contribution in [2.75, 3.05) is 6.61 Å². The molecule has 0 bridgehead atoms. The van der Waals surface area contributed by atoms with Crippen molar-refractivity contribution in [2.45, 2.75) is 19.9 Å². The van der Waals surface area contributed by atoms with E-state index in [0.717, 1.165) is 16.7 Å². The molecule has 20 heavy (non-hydrogen) atoms. The molecule has 0 amide bonds. The third-order valence-electron chi connectivity index (χ3n) is 2.76. The molecule has 2 rings (SSSR count). The molecule has 0 aliphatic carbocycles. The van der Waals surface area contributed by atoms with E-state index >= 15 is 0 Å². The maximum Gasteiger partial charge on any atom is 0.267 e. The molecule has 0 fully saturated rings. The summed E-state index contributed by atoms with van der Waals surface area (Å²) in [5.41, 5.74) is 2.65. The number of aliphatic hydroxyl groups excluding tert-OH is 1. The van der Waals surface area contributed by atoms with Gasteiger partial charge < -0.3 is 5.11 Å². The molecule has 102 valence electrons.